The van der Waals surface area contributed by atoms with Gasteiger partial charge in [0.2, 0.25) is 0 Å². The van der Waals surface area contributed by atoms with Crippen LogP contribution in [0.3, 0.4) is 0 Å². The van der Waals surface area contributed by atoms with Gasteiger partial charge in [-0.25, -0.2) is 0 Å². The summed E-state index contributed by atoms with van der Waals surface area (Å²) < 4.78 is 5.37. The van der Waals surface area contributed by atoms with Gasteiger partial charge in [0.25, 0.3) is 0 Å². The fourth-order valence-electron chi connectivity index (χ4n) is 1.04. The third-order valence-corrected chi connectivity index (χ3v) is 1.84. The molecule has 3 heteroatoms. The van der Waals surface area contributed by atoms with E-state index in [4.69, 9.17) is 9.84 Å². The number of aliphatic hydroxyl groups excluding tert-OH is 1. The number of hydrogen-bond donors (Lipinski definition) is 2. The van der Waals surface area contributed by atoms with Crippen molar-refractivity contribution >= 4 is 0 Å². The zero-order valence-electron chi connectivity index (χ0n) is 9.05. The molecule has 0 aromatic carbocycles. The van der Waals surface area contributed by atoms with Crippen LogP contribution in [0.4, 0.5) is 0 Å². The van der Waals surface area contributed by atoms with E-state index in [1.165, 1.54) is 0 Å². The lowest BCUT2D eigenvalue weighted by atomic mass is 10.1. The molecule has 80 valence electrons. The molecule has 1 unspecified atom stereocenters. The van der Waals surface area contributed by atoms with Crippen LogP contribution in [0.1, 0.15) is 27.2 Å². The Morgan fingerprint density at radius 3 is 2.54 bits per heavy atom. The number of aliphatic hydroxyl groups is 1. The van der Waals surface area contributed by atoms with Crippen molar-refractivity contribution in [3.63, 3.8) is 0 Å². The second-order valence-corrected chi connectivity index (χ2v) is 3.74. The third-order valence-electron chi connectivity index (χ3n) is 1.84. The minimum atomic E-state index is 0.283. The molecule has 3 nitrogen and oxygen atoms in total. The maximum atomic E-state index is 8.66. The van der Waals surface area contributed by atoms with E-state index >= 15 is 0 Å². The first kappa shape index (κ1) is 12.9. The Balaban J connectivity index is 3.06. The van der Waals surface area contributed by atoms with Gasteiger partial charge in [-0.05, 0) is 32.7 Å². The summed E-state index contributed by atoms with van der Waals surface area (Å²) in [6.07, 6.45) is 1.19. The van der Waals surface area contributed by atoms with Crippen LogP contribution in [0, 0.1) is 5.92 Å². The number of hydrogen-bond acceptors (Lipinski definition) is 3. The molecule has 0 heterocycles. The monoisotopic (exact) mass is 189 g/mol. The molecular weight excluding hydrogens is 166 g/mol. The zero-order valence-corrected chi connectivity index (χ0v) is 9.05. The topological polar surface area (TPSA) is 41.5 Å². The van der Waals surface area contributed by atoms with Crippen molar-refractivity contribution in [1.29, 1.82) is 0 Å². The highest BCUT2D eigenvalue weighted by atomic mass is 16.5. The number of nitrogens with one attached hydrogen (secondary N) is 1. The third kappa shape index (κ3) is 9.80. The minimum absolute atomic E-state index is 0.283. The second kappa shape index (κ2) is 8.48. The van der Waals surface area contributed by atoms with E-state index in [-0.39, 0.29) is 6.61 Å². The maximum Gasteiger partial charge on any atom is 0.0594 e. The highest BCUT2D eigenvalue weighted by Crippen LogP contribution is 1.97. The Labute approximate surface area is 81.5 Å². The Kier molecular flexibility index (Phi) is 8.40. The molecule has 0 aliphatic heterocycles. The lowest BCUT2D eigenvalue weighted by molar-refractivity contribution is 0.0803. The van der Waals surface area contributed by atoms with Gasteiger partial charge in [-0.15, -0.1) is 0 Å². The number of ether oxygens (including phenoxy) is 1. The molecule has 0 radical (unpaired) electrons. The zero-order chi connectivity index (χ0) is 10.1. The van der Waals surface area contributed by atoms with Crippen LogP contribution < -0.4 is 5.32 Å². The van der Waals surface area contributed by atoms with E-state index in [0.29, 0.717) is 12.0 Å². The Bertz CT molecular complexity index is 107. The molecule has 0 bridgehead atoms. The smallest absolute Gasteiger partial charge is 0.0594 e. The van der Waals surface area contributed by atoms with E-state index in [2.05, 4.69) is 12.2 Å². The van der Waals surface area contributed by atoms with Crippen molar-refractivity contribution in [3.05, 3.63) is 0 Å². The first-order chi connectivity index (χ1) is 6.16. The van der Waals surface area contributed by atoms with E-state index in [0.717, 1.165) is 26.1 Å². The minimum Gasteiger partial charge on any atom is -0.396 e. The van der Waals surface area contributed by atoms with E-state index in [1.54, 1.807) is 0 Å². The van der Waals surface area contributed by atoms with Gasteiger partial charge in [-0.3, -0.25) is 0 Å². The Hall–Kier alpha value is -0.120. The van der Waals surface area contributed by atoms with Crippen LogP contribution in [0.5, 0.6) is 0 Å². The maximum absolute atomic E-state index is 8.66. The Morgan fingerprint density at radius 1 is 1.31 bits per heavy atom. The first-order valence-corrected chi connectivity index (χ1v) is 5.10. The summed E-state index contributed by atoms with van der Waals surface area (Å²) in [5.41, 5.74) is 0. The Morgan fingerprint density at radius 2 is 2.00 bits per heavy atom. The lowest BCUT2D eigenvalue weighted by Gasteiger charge is -2.12. The van der Waals surface area contributed by atoms with Crippen LogP contribution in [0.25, 0.3) is 0 Å². The summed E-state index contributed by atoms with van der Waals surface area (Å²) in [7, 11) is 0. The highest BCUT2D eigenvalue weighted by Gasteiger charge is 1.99. The number of rotatable bonds is 8. The van der Waals surface area contributed by atoms with Gasteiger partial charge in [0.1, 0.15) is 0 Å². The summed E-state index contributed by atoms with van der Waals surface area (Å²) in [6.45, 7) is 9.11. The predicted octanol–water partition coefficient (Wildman–Crippen LogP) is 1.02. The molecule has 0 aliphatic rings. The molecule has 0 saturated heterocycles. The predicted molar refractivity (Wildman–Crippen MR) is 54.8 cm³/mol. The van der Waals surface area contributed by atoms with Gasteiger partial charge in [-0.2, -0.15) is 0 Å². The van der Waals surface area contributed by atoms with Crippen LogP contribution >= 0.6 is 0 Å². The molecular formula is C10H23NO2. The lowest BCUT2D eigenvalue weighted by Crippen LogP contribution is -2.26. The largest absolute Gasteiger partial charge is 0.396 e. The van der Waals surface area contributed by atoms with E-state index in [9.17, 15) is 0 Å². The van der Waals surface area contributed by atoms with Gasteiger partial charge >= 0.3 is 0 Å². The van der Waals surface area contributed by atoms with Crippen LogP contribution in [-0.4, -0.2) is 37.5 Å². The van der Waals surface area contributed by atoms with Crippen LogP contribution in [0.15, 0.2) is 0 Å². The molecule has 0 saturated carbocycles. The van der Waals surface area contributed by atoms with Gasteiger partial charge in [0.05, 0.1) is 12.7 Å². The van der Waals surface area contributed by atoms with E-state index in [1.807, 2.05) is 13.8 Å². The van der Waals surface area contributed by atoms with Crippen molar-refractivity contribution in [3.8, 4) is 0 Å². The van der Waals surface area contributed by atoms with Gasteiger partial charge in [-0.1, -0.05) is 6.92 Å². The second-order valence-electron chi connectivity index (χ2n) is 3.74. The van der Waals surface area contributed by atoms with Crippen molar-refractivity contribution in [2.45, 2.75) is 33.3 Å². The first-order valence-electron chi connectivity index (χ1n) is 5.10. The van der Waals surface area contributed by atoms with Gasteiger partial charge < -0.3 is 15.2 Å². The summed E-state index contributed by atoms with van der Waals surface area (Å²) in [5.74, 6) is 0.545. The van der Waals surface area contributed by atoms with Gasteiger partial charge in [0, 0.05) is 13.2 Å². The molecule has 0 aromatic rings. The molecule has 0 spiro atoms. The standard InChI is InChI=1S/C10H23NO2/c1-9(2)13-7-5-11-8-10(3)4-6-12/h9-12H,4-8H2,1-3H3. The highest BCUT2D eigenvalue weighted by molar-refractivity contribution is 4.56. The summed E-state index contributed by atoms with van der Waals surface area (Å²) in [6, 6.07) is 0. The molecule has 0 aromatic heterocycles. The summed E-state index contributed by atoms with van der Waals surface area (Å²) in [5, 5.41) is 11.9. The summed E-state index contributed by atoms with van der Waals surface area (Å²) in [4.78, 5) is 0. The molecule has 1 atom stereocenters. The SMILES string of the molecule is CC(CCO)CNCCOC(C)C. The van der Waals surface area contributed by atoms with Crippen LogP contribution in [0.2, 0.25) is 0 Å². The molecule has 0 fully saturated rings. The van der Waals surface area contributed by atoms with Crippen molar-refractivity contribution in [2.24, 2.45) is 5.92 Å². The van der Waals surface area contributed by atoms with Crippen molar-refractivity contribution < 1.29 is 9.84 Å². The normalized spacial score (nSPS) is 13.6. The van der Waals surface area contributed by atoms with E-state index < -0.39 is 0 Å². The molecule has 2 N–H and O–H groups in total. The molecule has 0 aliphatic carbocycles. The molecule has 0 rings (SSSR count). The van der Waals surface area contributed by atoms with Crippen molar-refractivity contribution in [1.82, 2.24) is 5.32 Å². The average Bonchev–Trinajstić information content (AvgIpc) is 2.03. The van der Waals surface area contributed by atoms with Crippen molar-refractivity contribution in [2.75, 3.05) is 26.3 Å². The van der Waals surface area contributed by atoms with Crippen LogP contribution in [-0.2, 0) is 4.74 Å². The summed E-state index contributed by atoms with van der Waals surface area (Å²) >= 11 is 0. The fourth-order valence-corrected chi connectivity index (χ4v) is 1.04. The molecule has 13 heavy (non-hydrogen) atoms. The molecule has 0 amide bonds. The quantitative estimate of drug-likeness (QED) is 0.560. The fraction of sp³-hybridized carbons (Fsp3) is 1.00. The average molecular weight is 189 g/mol. The van der Waals surface area contributed by atoms with Gasteiger partial charge in [0.15, 0.2) is 0 Å².